The molecule has 2 fully saturated rings. The number of hydrogen-bond donors (Lipinski definition) is 0. The van der Waals surface area contributed by atoms with E-state index in [0.29, 0.717) is 24.2 Å². The van der Waals surface area contributed by atoms with Crippen LogP contribution in [0.1, 0.15) is 39.5 Å². The van der Waals surface area contributed by atoms with Gasteiger partial charge in [-0.25, -0.2) is 0 Å². The molecule has 16 heavy (non-hydrogen) atoms. The highest BCUT2D eigenvalue weighted by atomic mass is 16.5. The fourth-order valence-electron chi connectivity index (χ4n) is 2.63. The van der Waals surface area contributed by atoms with Gasteiger partial charge in [-0.15, -0.1) is 0 Å². The number of ether oxygens (including phenoxy) is 1. The van der Waals surface area contributed by atoms with Gasteiger partial charge in [-0.1, -0.05) is 20.3 Å². The number of morpholine rings is 1. The van der Waals surface area contributed by atoms with Crippen molar-refractivity contribution in [2.75, 3.05) is 19.7 Å². The van der Waals surface area contributed by atoms with Crippen molar-refractivity contribution >= 4 is 5.78 Å². The third kappa shape index (κ3) is 2.64. The predicted molar refractivity (Wildman–Crippen MR) is 63.4 cm³/mol. The van der Waals surface area contributed by atoms with E-state index in [-0.39, 0.29) is 6.10 Å². The molecule has 2 aliphatic rings. The van der Waals surface area contributed by atoms with E-state index in [2.05, 4.69) is 18.7 Å². The molecule has 0 aromatic heterocycles. The van der Waals surface area contributed by atoms with Gasteiger partial charge in [-0.3, -0.25) is 9.69 Å². The van der Waals surface area contributed by atoms with Gasteiger partial charge in [-0.2, -0.15) is 0 Å². The molecular weight excluding hydrogens is 202 g/mol. The van der Waals surface area contributed by atoms with Crippen LogP contribution < -0.4 is 0 Å². The summed E-state index contributed by atoms with van der Waals surface area (Å²) in [5, 5.41) is 0. The lowest BCUT2D eigenvalue weighted by Crippen LogP contribution is -2.49. The summed E-state index contributed by atoms with van der Waals surface area (Å²) in [7, 11) is 0. The molecule has 2 aliphatic heterocycles. The number of Topliss-reactive ketones (excluding diaryl/α,β-unsaturated/α-hetero) is 1. The molecule has 0 aromatic carbocycles. The Kier molecular flexibility index (Phi) is 3.98. The number of hydrogen-bond acceptors (Lipinski definition) is 3. The summed E-state index contributed by atoms with van der Waals surface area (Å²) in [5.41, 5.74) is 0. The van der Waals surface area contributed by atoms with Gasteiger partial charge >= 0.3 is 0 Å². The smallest absolute Gasteiger partial charge is 0.163 e. The number of carbonyl (C=O) groups is 1. The molecule has 0 radical (unpaired) electrons. The first-order valence-corrected chi connectivity index (χ1v) is 6.59. The lowest BCUT2D eigenvalue weighted by Gasteiger charge is -2.34. The van der Waals surface area contributed by atoms with Crippen LogP contribution in [0.25, 0.3) is 0 Å². The summed E-state index contributed by atoms with van der Waals surface area (Å²) in [6, 6.07) is 0.590. The second-order valence-electron chi connectivity index (χ2n) is 5.30. The fraction of sp³-hybridized carbons (Fsp3) is 0.923. The number of rotatable bonds is 4. The minimum Gasteiger partial charge on any atom is -0.367 e. The van der Waals surface area contributed by atoms with Crippen LogP contribution in [0.5, 0.6) is 0 Å². The van der Waals surface area contributed by atoms with Crippen molar-refractivity contribution in [3.63, 3.8) is 0 Å². The number of fused-ring (bicyclic) bond motifs is 1. The van der Waals surface area contributed by atoms with Crippen LogP contribution in [0, 0.1) is 5.92 Å². The predicted octanol–water partition coefficient (Wildman–Crippen LogP) is 1.85. The van der Waals surface area contributed by atoms with Crippen LogP contribution in [0.3, 0.4) is 0 Å². The van der Waals surface area contributed by atoms with Gasteiger partial charge in [0.15, 0.2) is 5.78 Å². The molecule has 3 heteroatoms. The normalized spacial score (nSPS) is 32.4. The van der Waals surface area contributed by atoms with Gasteiger partial charge in [-0.05, 0) is 25.3 Å². The van der Waals surface area contributed by atoms with Crippen LogP contribution in [0.2, 0.25) is 0 Å². The topological polar surface area (TPSA) is 29.5 Å². The van der Waals surface area contributed by atoms with Crippen LogP contribution in [-0.4, -0.2) is 42.5 Å². The molecule has 0 spiro atoms. The van der Waals surface area contributed by atoms with Crippen molar-refractivity contribution in [3.05, 3.63) is 0 Å². The third-order valence-electron chi connectivity index (χ3n) is 3.99. The Balaban J connectivity index is 1.84. The molecule has 2 rings (SSSR count). The second kappa shape index (κ2) is 5.28. The van der Waals surface area contributed by atoms with E-state index >= 15 is 0 Å². The highest BCUT2D eigenvalue weighted by Crippen LogP contribution is 2.24. The minimum atomic E-state index is -0.150. The zero-order valence-corrected chi connectivity index (χ0v) is 10.4. The SMILES string of the molecule is CCC(C)CC(=O)C1CN2CCCC2CO1. The first kappa shape index (κ1) is 12.1. The van der Waals surface area contributed by atoms with Crippen molar-refractivity contribution in [1.82, 2.24) is 4.90 Å². The molecule has 0 aliphatic carbocycles. The average Bonchev–Trinajstić information content (AvgIpc) is 2.75. The Morgan fingerprint density at radius 3 is 3.12 bits per heavy atom. The Morgan fingerprint density at radius 1 is 1.56 bits per heavy atom. The van der Waals surface area contributed by atoms with Crippen LogP contribution >= 0.6 is 0 Å². The molecule has 2 saturated heterocycles. The lowest BCUT2D eigenvalue weighted by atomic mass is 9.98. The van der Waals surface area contributed by atoms with E-state index in [0.717, 1.165) is 26.1 Å². The molecule has 0 N–H and O–H groups in total. The standard InChI is InChI=1S/C13H23NO2/c1-3-10(2)7-12(15)13-8-14-6-4-5-11(14)9-16-13/h10-11,13H,3-9H2,1-2H3. The quantitative estimate of drug-likeness (QED) is 0.731. The Morgan fingerprint density at radius 2 is 2.38 bits per heavy atom. The summed E-state index contributed by atoms with van der Waals surface area (Å²) in [5.74, 6) is 0.798. The maximum Gasteiger partial charge on any atom is 0.163 e. The summed E-state index contributed by atoms with van der Waals surface area (Å²) < 4.78 is 5.71. The molecular formula is C13H23NO2. The minimum absolute atomic E-state index is 0.150. The van der Waals surface area contributed by atoms with Crippen LogP contribution in [-0.2, 0) is 9.53 Å². The zero-order valence-electron chi connectivity index (χ0n) is 10.4. The van der Waals surface area contributed by atoms with Crippen molar-refractivity contribution in [1.29, 1.82) is 0 Å². The molecule has 0 saturated carbocycles. The second-order valence-corrected chi connectivity index (χ2v) is 5.30. The van der Waals surface area contributed by atoms with Gasteiger partial charge in [0, 0.05) is 19.0 Å². The Hall–Kier alpha value is -0.410. The molecule has 0 bridgehead atoms. The monoisotopic (exact) mass is 225 g/mol. The van der Waals surface area contributed by atoms with Gasteiger partial charge in [0.25, 0.3) is 0 Å². The molecule has 3 unspecified atom stereocenters. The maximum absolute atomic E-state index is 12.0. The molecule has 92 valence electrons. The van der Waals surface area contributed by atoms with Crippen molar-refractivity contribution < 1.29 is 9.53 Å². The van der Waals surface area contributed by atoms with Gasteiger partial charge in [0.1, 0.15) is 6.10 Å². The lowest BCUT2D eigenvalue weighted by molar-refractivity contribution is -0.139. The summed E-state index contributed by atoms with van der Waals surface area (Å²) in [6.07, 6.45) is 4.11. The zero-order chi connectivity index (χ0) is 11.5. The fourth-order valence-corrected chi connectivity index (χ4v) is 2.63. The van der Waals surface area contributed by atoms with Gasteiger partial charge in [0.05, 0.1) is 6.61 Å². The maximum atomic E-state index is 12.0. The summed E-state index contributed by atoms with van der Waals surface area (Å²) in [6.45, 7) is 7.02. The largest absolute Gasteiger partial charge is 0.367 e. The van der Waals surface area contributed by atoms with E-state index in [1.54, 1.807) is 0 Å². The first-order chi connectivity index (χ1) is 7.70. The van der Waals surface area contributed by atoms with E-state index < -0.39 is 0 Å². The highest BCUT2D eigenvalue weighted by Gasteiger charge is 2.35. The highest BCUT2D eigenvalue weighted by molar-refractivity contribution is 5.83. The van der Waals surface area contributed by atoms with Crippen LogP contribution in [0.15, 0.2) is 0 Å². The van der Waals surface area contributed by atoms with Gasteiger partial charge in [0.2, 0.25) is 0 Å². The Labute approximate surface area is 98.1 Å². The van der Waals surface area contributed by atoms with Crippen LogP contribution in [0.4, 0.5) is 0 Å². The first-order valence-electron chi connectivity index (χ1n) is 6.59. The van der Waals surface area contributed by atoms with Crippen molar-refractivity contribution in [2.45, 2.75) is 51.7 Å². The Bertz CT molecular complexity index is 254. The van der Waals surface area contributed by atoms with E-state index in [4.69, 9.17) is 4.74 Å². The molecule has 3 nitrogen and oxygen atoms in total. The van der Waals surface area contributed by atoms with E-state index in [1.807, 2.05) is 0 Å². The molecule has 3 atom stereocenters. The molecule has 2 heterocycles. The number of nitrogens with zero attached hydrogens (tertiary/aromatic N) is 1. The molecule has 0 amide bonds. The molecule has 0 aromatic rings. The third-order valence-corrected chi connectivity index (χ3v) is 3.99. The average molecular weight is 225 g/mol. The summed E-state index contributed by atoms with van der Waals surface area (Å²) >= 11 is 0. The van der Waals surface area contributed by atoms with E-state index in [9.17, 15) is 4.79 Å². The number of carbonyl (C=O) groups excluding carboxylic acids is 1. The van der Waals surface area contributed by atoms with Crippen molar-refractivity contribution in [3.8, 4) is 0 Å². The van der Waals surface area contributed by atoms with Crippen molar-refractivity contribution in [2.24, 2.45) is 5.92 Å². The summed E-state index contributed by atoms with van der Waals surface area (Å²) in [4.78, 5) is 14.4. The number of ketones is 1. The van der Waals surface area contributed by atoms with E-state index in [1.165, 1.54) is 12.8 Å². The van der Waals surface area contributed by atoms with Gasteiger partial charge < -0.3 is 4.74 Å².